The van der Waals surface area contributed by atoms with E-state index in [-0.39, 0.29) is 0 Å². The molecule has 100 valence electrons. The second kappa shape index (κ2) is 7.85. The molecule has 19 heavy (non-hydrogen) atoms. The zero-order valence-electron chi connectivity index (χ0n) is 11.0. The standard InChI is InChI=1S/C17H19ClO/c18-13-5-2-6-14-19-17-11-9-16(10-12-17)15-7-3-1-4-8-15/h1,3-4,7-12H,2,5-6,13-14H2. The van der Waals surface area contributed by atoms with E-state index in [1.54, 1.807) is 0 Å². The molecule has 0 aliphatic rings. The van der Waals surface area contributed by atoms with Crippen molar-refractivity contribution in [2.24, 2.45) is 0 Å². The SMILES string of the molecule is ClCCCCCOc1ccc(-c2ccccc2)cc1. The van der Waals surface area contributed by atoms with Gasteiger partial charge in [0.05, 0.1) is 6.61 Å². The van der Waals surface area contributed by atoms with Crippen LogP contribution in [0.3, 0.4) is 0 Å². The predicted molar refractivity (Wildman–Crippen MR) is 81.9 cm³/mol. The summed E-state index contributed by atoms with van der Waals surface area (Å²) in [7, 11) is 0. The highest BCUT2D eigenvalue weighted by molar-refractivity contribution is 6.17. The van der Waals surface area contributed by atoms with Crippen molar-refractivity contribution in [3.8, 4) is 16.9 Å². The van der Waals surface area contributed by atoms with E-state index in [4.69, 9.17) is 16.3 Å². The van der Waals surface area contributed by atoms with Crippen molar-refractivity contribution < 1.29 is 4.74 Å². The first-order valence-corrected chi connectivity index (χ1v) is 7.28. The van der Waals surface area contributed by atoms with Gasteiger partial charge in [0.1, 0.15) is 5.75 Å². The third kappa shape index (κ3) is 4.60. The average Bonchev–Trinajstić information content (AvgIpc) is 2.49. The summed E-state index contributed by atoms with van der Waals surface area (Å²) >= 11 is 5.63. The minimum Gasteiger partial charge on any atom is -0.494 e. The summed E-state index contributed by atoms with van der Waals surface area (Å²) in [6.07, 6.45) is 3.26. The molecule has 0 bridgehead atoms. The number of benzene rings is 2. The van der Waals surface area contributed by atoms with Crippen LogP contribution in [0.1, 0.15) is 19.3 Å². The maximum Gasteiger partial charge on any atom is 0.119 e. The third-order valence-corrected chi connectivity index (χ3v) is 3.28. The summed E-state index contributed by atoms with van der Waals surface area (Å²) in [6, 6.07) is 18.6. The van der Waals surface area contributed by atoms with Crippen molar-refractivity contribution in [2.75, 3.05) is 12.5 Å². The minimum absolute atomic E-state index is 0.742. The summed E-state index contributed by atoms with van der Waals surface area (Å²) < 4.78 is 5.70. The van der Waals surface area contributed by atoms with E-state index in [9.17, 15) is 0 Å². The zero-order valence-corrected chi connectivity index (χ0v) is 11.8. The van der Waals surface area contributed by atoms with Crippen LogP contribution in [0.4, 0.5) is 0 Å². The maximum absolute atomic E-state index is 5.70. The van der Waals surface area contributed by atoms with Crippen molar-refractivity contribution in [3.63, 3.8) is 0 Å². The summed E-state index contributed by atoms with van der Waals surface area (Å²) in [5, 5.41) is 0. The van der Waals surface area contributed by atoms with E-state index in [1.807, 2.05) is 18.2 Å². The molecule has 0 unspecified atom stereocenters. The normalized spacial score (nSPS) is 10.4. The fourth-order valence-electron chi connectivity index (χ4n) is 1.94. The number of hydrogen-bond donors (Lipinski definition) is 0. The van der Waals surface area contributed by atoms with E-state index in [0.717, 1.165) is 37.5 Å². The van der Waals surface area contributed by atoms with Gasteiger partial charge in [0.25, 0.3) is 0 Å². The highest BCUT2D eigenvalue weighted by atomic mass is 35.5. The van der Waals surface area contributed by atoms with Gasteiger partial charge >= 0.3 is 0 Å². The lowest BCUT2D eigenvalue weighted by Gasteiger charge is -2.07. The van der Waals surface area contributed by atoms with Crippen molar-refractivity contribution in [3.05, 3.63) is 54.6 Å². The zero-order chi connectivity index (χ0) is 13.3. The highest BCUT2D eigenvalue weighted by Crippen LogP contribution is 2.22. The van der Waals surface area contributed by atoms with Crippen LogP contribution in [0.2, 0.25) is 0 Å². The molecular formula is C17H19ClO. The average molecular weight is 275 g/mol. The fraction of sp³-hybridized carbons (Fsp3) is 0.294. The molecule has 0 heterocycles. The molecule has 0 aliphatic heterocycles. The van der Waals surface area contributed by atoms with Crippen LogP contribution in [-0.2, 0) is 0 Å². The molecule has 2 aromatic rings. The second-order valence-corrected chi connectivity index (χ2v) is 4.87. The van der Waals surface area contributed by atoms with Gasteiger partial charge in [0.15, 0.2) is 0 Å². The molecule has 2 rings (SSSR count). The van der Waals surface area contributed by atoms with Gasteiger partial charge in [-0.2, -0.15) is 0 Å². The van der Waals surface area contributed by atoms with Crippen LogP contribution in [0.15, 0.2) is 54.6 Å². The molecule has 0 saturated carbocycles. The number of halogens is 1. The largest absolute Gasteiger partial charge is 0.494 e. The van der Waals surface area contributed by atoms with E-state index in [2.05, 4.69) is 36.4 Å². The van der Waals surface area contributed by atoms with Crippen LogP contribution >= 0.6 is 11.6 Å². The van der Waals surface area contributed by atoms with Crippen LogP contribution in [0.5, 0.6) is 5.75 Å². The smallest absolute Gasteiger partial charge is 0.119 e. The molecule has 0 fully saturated rings. The molecule has 0 atom stereocenters. The monoisotopic (exact) mass is 274 g/mol. The molecule has 0 saturated heterocycles. The van der Waals surface area contributed by atoms with Crippen molar-refractivity contribution in [2.45, 2.75) is 19.3 Å². The molecule has 1 nitrogen and oxygen atoms in total. The summed E-state index contributed by atoms with van der Waals surface area (Å²) in [5.74, 6) is 1.68. The van der Waals surface area contributed by atoms with E-state index in [1.165, 1.54) is 11.1 Å². The molecule has 0 aromatic heterocycles. The van der Waals surface area contributed by atoms with E-state index < -0.39 is 0 Å². The van der Waals surface area contributed by atoms with Gasteiger partial charge in [-0.15, -0.1) is 11.6 Å². The quantitative estimate of drug-likeness (QED) is 0.502. The van der Waals surface area contributed by atoms with Gasteiger partial charge < -0.3 is 4.74 Å². The number of alkyl halides is 1. The molecule has 2 heteroatoms. The Balaban J connectivity index is 1.85. The Kier molecular flexibility index (Phi) is 5.77. The summed E-state index contributed by atoms with van der Waals surface area (Å²) in [4.78, 5) is 0. The predicted octanol–water partition coefficient (Wildman–Crippen LogP) is 5.14. The molecule has 0 amide bonds. The Hall–Kier alpha value is -1.47. The number of rotatable bonds is 7. The second-order valence-electron chi connectivity index (χ2n) is 4.49. The lowest BCUT2D eigenvalue weighted by molar-refractivity contribution is 0.306. The summed E-state index contributed by atoms with van der Waals surface area (Å²) in [6.45, 7) is 0.765. The number of unbranched alkanes of at least 4 members (excludes halogenated alkanes) is 2. The molecule has 0 aliphatic carbocycles. The summed E-state index contributed by atoms with van der Waals surface area (Å²) in [5.41, 5.74) is 2.45. The Bertz CT molecular complexity index is 464. The molecular weight excluding hydrogens is 256 g/mol. The molecule has 0 radical (unpaired) electrons. The van der Waals surface area contributed by atoms with Gasteiger partial charge in [0.2, 0.25) is 0 Å². The Morgan fingerprint density at radius 1 is 0.737 bits per heavy atom. The Labute approximate surface area is 120 Å². The highest BCUT2D eigenvalue weighted by Gasteiger charge is 1.98. The fourth-order valence-corrected chi connectivity index (χ4v) is 2.13. The lowest BCUT2D eigenvalue weighted by Crippen LogP contribution is -1.97. The first-order valence-electron chi connectivity index (χ1n) is 6.74. The van der Waals surface area contributed by atoms with Crippen molar-refractivity contribution in [1.82, 2.24) is 0 Å². The Morgan fingerprint density at radius 3 is 2.11 bits per heavy atom. The van der Waals surface area contributed by atoms with Gasteiger partial charge in [-0.1, -0.05) is 42.5 Å². The first kappa shape index (κ1) is 14.0. The van der Waals surface area contributed by atoms with Crippen LogP contribution in [0.25, 0.3) is 11.1 Å². The third-order valence-electron chi connectivity index (χ3n) is 3.01. The van der Waals surface area contributed by atoms with Gasteiger partial charge in [-0.25, -0.2) is 0 Å². The van der Waals surface area contributed by atoms with Gasteiger partial charge in [-0.3, -0.25) is 0 Å². The maximum atomic E-state index is 5.70. The first-order chi connectivity index (χ1) is 9.40. The Morgan fingerprint density at radius 2 is 1.42 bits per heavy atom. The van der Waals surface area contributed by atoms with Gasteiger partial charge in [0, 0.05) is 5.88 Å². The van der Waals surface area contributed by atoms with Crippen LogP contribution < -0.4 is 4.74 Å². The minimum atomic E-state index is 0.742. The van der Waals surface area contributed by atoms with Crippen LogP contribution in [-0.4, -0.2) is 12.5 Å². The molecule has 0 N–H and O–H groups in total. The van der Waals surface area contributed by atoms with Crippen molar-refractivity contribution >= 4 is 11.6 Å². The molecule has 2 aromatic carbocycles. The van der Waals surface area contributed by atoms with Crippen molar-refractivity contribution in [1.29, 1.82) is 0 Å². The topological polar surface area (TPSA) is 9.23 Å². The molecule has 0 spiro atoms. The number of hydrogen-bond acceptors (Lipinski definition) is 1. The van der Waals surface area contributed by atoms with Gasteiger partial charge in [-0.05, 0) is 42.5 Å². The number of ether oxygens (including phenoxy) is 1. The van der Waals surface area contributed by atoms with Crippen LogP contribution in [0, 0.1) is 0 Å². The van der Waals surface area contributed by atoms with E-state index in [0.29, 0.717) is 0 Å². The lowest BCUT2D eigenvalue weighted by atomic mass is 10.1. The van der Waals surface area contributed by atoms with E-state index >= 15 is 0 Å².